The van der Waals surface area contributed by atoms with E-state index in [1.165, 1.54) is 6.42 Å². The fourth-order valence-corrected chi connectivity index (χ4v) is 3.68. The zero-order valence-corrected chi connectivity index (χ0v) is 13.1. The quantitative estimate of drug-likeness (QED) is 0.674. The lowest BCUT2D eigenvalue weighted by Crippen LogP contribution is -2.44. The van der Waals surface area contributed by atoms with E-state index in [1.54, 1.807) is 0 Å². The first-order valence-corrected chi connectivity index (χ1v) is 8.40. The highest BCUT2D eigenvalue weighted by Gasteiger charge is 2.25. The van der Waals surface area contributed by atoms with E-state index in [0.29, 0.717) is 23.8 Å². The van der Waals surface area contributed by atoms with E-state index in [-0.39, 0.29) is 6.03 Å². The maximum atomic E-state index is 11.7. The minimum absolute atomic E-state index is 0.144. The van der Waals surface area contributed by atoms with Crippen molar-refractivity contribution in [1.29, 1.82) is 0 Å². The standard InChI is InChI=1S/C14H28N2O2S/c1-4-19-13-6-5-11(8-13)16-14(18)15-9-12(17)7-10(2)3/h10-13,17H,4-9H2,1-3H3,(H2,15,16,18). The van der Waals surface area contributed by atoms with Crippen LogP contribution in [0.3, 0.4) is 0 Å². The first kappa shape index (κ1) is 16.6. The number of carbonyl (C=O) groups excluding carboxylic acids is 1. The van der Waals surface area contributed by atoms with Gasteiger partial charge in [-0.15, -0.1) is 0 Å². The molecule has 0 aromatic rings. The molecule has 2 amide bonds. The number of aliphatic hydroxyl groups is 1. The van der Waals surface area contributed by atoms with Crippen LogP contribution in [-0.4, -0.2) is 40.8 Å². The van der Waals surface area contributed by atoms with E-state index in [9.17, 15) is 9.90 Å². The van der Waals surface area contributed by atoms with Crippen molar-refractivity contribution in [2.45, 2.75) is 63.9 Å². The Kier molecular flexibility index (Phi) is 7.61. The van der Waals surface area contributed by atoms with Crippen LogP contribution in [0.2, 0.25) is 0 Å². The summed E-state index contributed by atoms with van der Waals surface area (Å²) in [6.45, 7) is 6.64. The molecule has 3 N–H and O–H groups in total. The van der Waals surface area contributed by atoms with Gasteiger partial charge in [-0.3, -0.25) is 0 Å². The van der Waals surface area contributed by atoms with Crippen LogP contribution in [-0.2, 0) is 0 Å². The fourth-order valence-electron chi connectivity index (χ4n) is 2.53. The van der Waals surface area contributed by atoms with Crippen molar-refractivity contribution in [3.8, 4) is 0 Å². The molecular weight excluding hydrogens is 260 g/mol. The van der Waals surface area contributed by atoms with Crippen LogP contribution in [0.4, 0.5) is 4.79 Å². The minimum Gasteiger partial charge on any atom is -0.391 e. The molecule has 1 aliphatic carbocycles. The molecule has 1 aliphatic rings. The largest absolute Gasteiger partial charge is 0.391 e. The molecule has 19 heavy (non-hydrogen) atoms. The summed E-state index contributed by atoms with van der Waals surface area (Å²) in [6, 6.07) is 0.154. The lowest BCUT2D eigenvalue weighted by Gasteiger charge is -2.17. The van der Waals surface area contributed by atoms with Crippen molar-refractivity contribution < 1.29 is 9.90 Å². The maximum Gasteiger partial charge on any atom is 0.315 e. The summed E-state index contributed by atoms with van der Waals surface area (Å²) in [5, 5.41) is 16.1. The summed E-state index contributed by atoms with van der Waals surface area (Å²) < 4.78 is 0. The van der Waals surface area contributed by atoms with Crippen molar-refractivity contribution in [3.63, 3.8) is 0 Å². The van der Waals surface area contributed by atoms with Crippen LogP contribution < -0.4 is 10.6 Å². The molecule has 0 radical (unpaired) electrons. The molecule has 0 bridgehead atoms. The molecule has 0 aromatic carbocycles. The molecule has 0 aliphatic heterocycles. The highest BCUT2D eigenvalue weighted by atomic mass is 32.2. The van der Waals surface area contributed by atoms with Gasteiger partial charge in [0.05, 0.1) is 6.10 Å². The van der Waals surface area contributed by atoms with Gasteiger partial charge in [-0.1, -0.05) is 20.8 Å². The lowest BCUT2D eigenvalue weighted by molar-refractivity contribution is 0.146. The molecule has 4 nitrogen and oxygen atoms in total. The summed E-state index contributed by atoms with van der Waals surface area (Å²) in [5.74, 6) is 1.59. The van der Waals surface area contributed by atoms with Crippen LogP contribution in [0.1, 0.15) is 46.5 Å². The second-order valence-corrected chi connectivity index (χ2v) is 7.30. The Morgan fingerprint density at radius 2 is 2.16 bits per heavy atom. The second kappa shape index (κ2) is 8.69. The Morgan fingerprint density at radius 3 is 2.79 bits per heavy atom. The molecule has 0 saturated heterocycles. The van der Waals surface area contributed by atoms with Crippen molar-refractivity contribution in [3.05, 3.63) is 0 Å². The molecule has 5 heteroatoms. The molecule has 112 valence electrons. The molecule has 3 atom stereocenters. The van der Waals surface area contributed by atoms with E-state index >= 15 is 0 Å². The van der Waals surface area contributed by atoms with E-state index in [2.05, 4.69) is 31.4 Å². The van der Waals surface area contributed by atoms with Crippen molar-refractivity contribution in [1.82, 2.24) is 10.6 Å². The SMILES string of the molecule is CCSC1CCC(NC(=O)NCC(O)CC(C)C)C1. The van der Waals surface area contributed by atoms with Crippen LogP contribution in [0.5, 0.6) is 0 Å². The van der Waals surface area contributed by atoms with Crippen molar-refractivity contribution >= 4 is 17.8 Å². The van der Waals surface area contributed by atoms with Gasteiger partial charge < -0.3 is 15.7 Å². The topological polar surface area (TPSA) is 61.4 Å². The zero-order valence-electron chi connectivity index (χ0n) is 12.3. The molecule has 3 unspecified atom stereocenters. The van der Waals surface area contributed by atoms with Gasteiger partial charge in [0.2, 0.25) is 0 Å². The van der Waals surface area contributed by atoms with Crippen LogP contribution in [0.15, 0.2) is 0 Å². The highest BCUT2D eigenvalue weighted by Crippen LogP contribution is 2.29. The highest BCUT2D eigenvalue weighted by molar-refractivity contribution is 7.99. The van der Waals surface area contributed by atoms with Gasteiger partial charge in [0, 0.05) is 17.8 Å². The molecule has 0 spiro atoms. The first-order valence-electron chi connectivity index (χ1n) is 7.35. The average Bonchev–Trinajstić information content (AvgIpc) is 2.73. The van der Waals surface area contributed by atoms with Crippen LogP contribution in [0, 0.1) is 5.92 Å². The molecule has 1 rings (SSSR count). The minimum atomic E-state index is -0.447. The number of carbonyl (C=O) groups is 1. The molecule has 1 saturated carbocycles. The van der Waals surface area contributed by atoms with Gasteiger partial charge in [0.25, 0.3) is 0 Å². The number of thioether (sulfide) groups is 1. The van der Waals surface area contributed by atoms with Gasteiger partial charge in [0.15, 0.2) is 0 Å². The Labute approximate surface area is 121 Å². The van der Waals surface area contributed by atoms with E-state index in [4.69, 9.17) is 0 Å². The number of hydrogen-bond acceptors (Lipinski definition) is 3. The van der Waals surface area contributed by atoms with Gasteiger partial charge in [0.1, 0.15) is 0 Å². The Balaban J connectivity index is 2.14. The van der Waals surface area contributed by atoms with Crippen molar-refractivity contribution in [2.75, 3.05) is 12.3 Å². The molecule has 0 aromatic heterocycles. The summed E-state index contributed by atoms with van der Waals surface area (Å²) >= 11 is 1.98. The van der Waals surface area contributed by atoms with Gasteiger partial charge in [-0.25, -0.2) is 4.79 Å². The third kappa shape index (κ3) is 7.06. The second-order valence-electron chi connectivity index (χ2n) is 5.73. The number of amides is 2. The predicted octanol–water partition coefficient (Wildman–Crippen LogP) is 2.37. The smallest absolute Gasteiger partial charge is 0.315 e. The molecule has 1 fully saturated rings. The number of aliphatic hydroxyl groups excluding tert-OH is 1. The predicted molar refractivity (Wildman–Crippen MR) is 81.6 cm³/mol. The Bertz CT molecular complexity index is 274. The average molecular weight is 288 g/mol. The monoisotopic (exact) mass is 288 g/mol. The summed E-state index contributed by atoms with van der Waals surface area (Å²) in [6.07, 6.45) is 3.61. The molecular formula is C14H28N2O2S. The normalized spacial score (nSPS) is 24.5. The molecule has 0 heterocycles. The fraction of sp³-hybridized carbons (Fsp3) is 0.929. The summed E-state index contributed by atoms with van der Waals surface area (Å²) in [5.41, 5.74) is 0. The third-order valence-electron chi connectivity index (χ3n) is 3.36. The number of rotatable bonds is 7. The number of urea groups is 1. The van der Waals surface area contributed by atoms with Crippen LogP contribution >= 0.6 is 11.8 Å². The first-order chi connectivity index (χ1) is 9.01. The third-order valence-corrected chi connectivity index (χ3v) is 4.60. The van der Waals surface area contributed by atoms with Crippen LogP contribution in [0.25, 0.3) is 0 Å². The Morgan fingerprint density at radius 1 is 1.42 bits per heavy atom. The van der Waals surface area contributed by atoms with Crippen molar-refractivity contribution in [2.24, 2.45) is 5.92 Å². The number of hydrogen-bond donors (Lipinski definition) is 3. The van der Waals surface area contributed by atoms with Gasteiger partial charge >= 0.3 is 6.03 Å². The number of nitrogens with one attached hydrogen (secondary N) is 2. The maximum absolute atomic E-state index is 11.7. The van der Waals surface area contributed by atoms with E-state index in [0.717, 1.165) is 25.0 Å². The van der Waals surface area contributed by atoms with Gasteiger partial charge in [-0.05, 0) is 37.4 Å². The summed E-state index contributed by atoms with van der Waals surface area (Å²) in [7, 11) is 0. The zero-order chi connectivity index (χ0) is 14.3. The Hall–Kier alpha value is -0.420. The van der Waals surface area contributed by atoms with E-state index in [1.807, 2.05) is 11.8 Å². The van der Waals surface area contributed by atoms with E-state index < -0.39 is 6.10 Å². The lowest BCUT2D eigenvalue weighted by atomic mass is 10.1. The summed E-state index contributed by atoms with van der Waals surface area (Å²) in [4.78, 5) is 11.7. The van der Waals surface area contributed by atoms with Gasteiger partial charge in [-0.2, -0.15) is 11.8 Å².